The van der Waals surface area contributed by atoms with Crippen LogP contribution in [-0.2, 0) is 4.79 Å². The van der Waals surface area contributed by atoms with Gasteiger partial charge >= 0.3 is 0 Å². The Hall–Kier alpha value is -2.96. The maximum Gasteiger partial charge on any atom is 0.245 e. The summed E-state index contributed by atoms with van der Waals surface area (Å²) in [6, 6.07) is 3.80. The summed E-state index contributed by atoms with van der Waals surface area (Å²) in [6.07, 6.45) is 5.35. The van der Waals surface area contributed by atoms with Gasteiger partial charge in [0.1, 0.15) is 17.0 Å². The molecule has 7 heteroatoms. The Kier molecular flexibility index (Phi) is 4.39. The predicted molar refractivity (Wildman–Crippen MR) is 98.2 cm³/mol. The quantitative estimate of drug-likeness (QED) is 0.665. The van der Waals surface area contributed by atoms with Crippen LogP contribution in [0.3, 0.4) is 0 Å². The lowest BCUT2D eigenvalue weighted by molar-refractivity contribution is -0.124. The third kappa shape index (κ3) is 3.45. The van der Waals surface area contributed by atoms with Crippen LogP contribution in [0.25, 0.3) is 22.4 Å². The van der Waals surface area contributed by atoms with E-state index in [0.717, 1.165) is 22.2 Å². The number of nitrogens with zero attached hydrogens (tertiary/aromatic N) is 3. The van der Waals surface area contributed by atoms with Crippen molar-refractivity contribution in [2.24, 2.45) is 0 Å². The first-order chi connectivity index (χ1) is 11.9. The number of likely N-dealkylation sites (N-methyl/N-ethyl adjacent to an activating group) is 1. The van der Waals surface area contributed by atoms with Crippen LogP contribution in [0.15, 0.2) is 30.7 Å². The van der Waals surface area contributed by atoms with Crippen molar-refractivity contribution in [3.05, 3.63) is 36.3 Å². The van der Waals surface area contributed by atoms with Crippen molar-refractivity contribution in [2.45, 2.75) is 33.2 Å². The molecule has 0 fully saturated rings. The van der Waals surface area contributed by atoms with Crippen molar-refractivity contribution in [1.29, 1.82) is 0 Å². The molecule has 0 aliphatic rings. The minimum atomic E-state index is -0.778. The zero-order valence-corrected chi connectivity index (χ0v) is 14.8. The lowest BCUT2D eigenvalue weighted by Crippen LogP contribution is -2.48. The van der Waals surface area contributed by atoms with Gasteiger partial charge in [-0.05, 0) is 45.4 Å². The molecule has 0 aliphatic carbocycles. The fraction of sp³-hybridized carbons (Fsp3) is 0.333. The van der Waals surface area contributed by atoms with Gasteiger partial charge in [0.05, 0.1) is 0 Å². The Labute approximate surface area is 146 Å². The van der Waals surface area contributed by atoms with Crippen LogP contribution in [0.1, 0.15) is 26.3 Å². The van der Waals surface area contributed by atoms with E-state index in [-0.39, 0.29) is 5.91 Å². The Balaban J connectivity index is 1.93. The van der Waals surface area contributed by atoms with Crippen LogP contribution < -0.4 is 10.6 Å². The molecular formula is C18H22N6O. The number of nitrogens with one attached hydrogen (secondary N) is 3. The van der Waals surface area contributed by atoms with E-state index in [9.17, 15) is 4.79 Å². The maximum atomic E-state index is 12.2. The number of aromatic nitrogens is 4. The van der Waals surface area contributed by atoms with Gasteiger partial charge in [0.15, 0.2) is 5.82 Å². The first-order valence-corrected chi connectivity index (χ1v) is 8.24. The number of fused-ring (bicyclic) bond motifs is 1. The summed E-state index contributed by atoms with van der Waals surface area (Å²) in [6.45, 7) is 8.11. The minimum absolute atomic E-state index is 0.0814. The highest BCUT2D eigenvalue weighted by atomic mass is 16.2. The van der Waals surface area contributed by atoms with Crippen LogP contribution in [0.4, 0.5) is 5.82 Å². The normalized spacial score (nSPS) is 11.5. The zero-order chi connectivity index (χ0) is 18.0. The second-order valence-electron chi connectivity index (χ2n) is 6.49. The topological polar surface area (TPSA) is 95.6 Å². The van der Waals surface area contributed by atoms with Gasteiger partial charge in [-0.3, -0.25) is 4.79 Å². The molecule has 7 nitrogen and oxygen atoms in total. The molecule has 3 aromatic heterocycles. The molecule has 130 valence electrons. The molecule has 0 saturated carbocycles. The van der Waals surface area contributed by atoms with Crippen molar-refractivity contribution >= 4 is 22.8 Å². The standard InChI is InChI=1S/C18H22N6O/c1-5-19-17(25)18(3,4)24-14-6-7-20-16(23-14)13-10-22-15-12(13)8-11(2)9-21-15/h6-10H,5H2,1-4H3,(H,19,25)(H,21,22)(H,20,23,24). The molecule has 3 heterocycles. The SMILES string of the molecule is CCNC(=O)C(C)(C)Nc1ccnc(-c2c[nH]c3ncc(C)cc23)n1. The average Bonchev–Trinajstić information content (AvgIpc) is 2.98. The third-order valence-corrected chi connectivity index (χ3v) is 3.91. The molecule has 25 heavy (non-hydrogen) atoms. The molecule has 0 aromatic carbocycles. The largest absolute Gasteiger partial charge is 0.356 e. The number of hydrogen-bond donors (Lipinski definition) is 3. The highest BCUT2D eigenvalue weighted by Crippen LogP contribution is 2.26. The molecule has 0 radical (unpaired) electrons. The lowest BCUT2D eigenvalue weighted by atomic mass is 10.0. The number of hydrogen-bond acceptors (Lipinski definition) is 5. The summed E-state index contributed by atoms with van der Waals surface area (Å²) in [5, 5.41) is 6.97. The van der Waals surface area contributed by atoms with E-state index in [1.165, 1.54) is 0 Å². The molecule has 3 aromatic rings. The van der Waals surface area contributed by atoms with Crippen molar-refractivity contribution in [1.82, 2.24) is 25.3 Å². The molecular weight excluding hydrogens is 316 g/mol. The number of carbonyl (C=O) groups excluding carboxylic acids is 1. The average molecular weight is 338 g/mol. The summed E-state index contributed by atoms with van der Waals surface area (Å²) in [5.74, 6) is 1.09. The molecule has 1 amide bonds. The number of aromatic amines is 1. The lowest BCUT2D eigenvalue weighted by Gasteiger charge is -2.25. The van der Waals surface area contributed by atoms with Gasteiger partial charge in [-0.2, -0.15) is 0 Å². The predicted octanol–water partition coefficient (Wildman–Crippen LogP) is 2.65. The third-order valence-electron chi connectivity index (χ3n) is 3.91. The fourth-order valence-corrected chi connectivity index (χ4v) is 2.61. The van der Waals surface area contributed by atoms with E-state index in [4.69, 9.17) is 0 Å². The summed E-state index contributed by atoms with van der Waals surface area (Å²) in [5.41, 5.74) is 1.97. The molecule has 0 spiro atoms. The molecule has 0 bridgehead atoms. The Bertz CT molecular complexity index is 915. The molecule has 3 N–H and O–H groups in total. The Morgan fingerprint density at radius 3 is 2.88 bits per heavy atom. The number of pyridine rings is 1. The van der Waals surface area contributed by atoms with E-state index in [1.54, 1.807) is 12.3 Å². The molecule has 0 atom stereocenters. The maximum absolute atomic E-state index is 12.2. The van der Waals surface area contributed by atoms with E-state index < -0.39 is 5.54 Å². The fourth-order valence-electron chi connectivity index (χ4n) is 2.61. The second kappa shape index (κ2) is 6.51. The van der Waals surface area contributed by atoms with E-state index in [1.807, 2.05) is 40.1 Å². The van der Waals surface area contributed by atoms with Gasteiger partial charge < -0.3 is 15.6 Å². The van der Waals surface area contributed by atoms with Gasteiger partial charge in [-0.1, -0.05) is 0 Å². The molecule has 0 unspecified atom stereocenters. The number of carbonyl (C=O) groups is 1. The number of aryl methyl sites for hydroxylation is 1. The summed E-state index contributed by atoms with van der Waals surface area (Å²) in [7, 11) is 0. The van der Waals surface area contributed by atoms with Gasteiger partial charge in [-0.15, -0.1) is 0 Å². The smallest absolute Gasteiger partial charge is 0.245 e. The van der Waals surface area contributed by atoms with Gasteiger partial charge in [0, 0.05) is 36.1 Å². The van der Waals surface area contributed by atoms with Crippen LogP contribution in [0.2, 0.25) is 0 Å². The first kappa shape index (κ1) is 16.9. The summed E-state index contributed by atoms with van der Waals surface area (Å²) >= 11 is 0. The van der Waals surface area contributed by atoms with Crippen molar-refractivity contribution in [2.75, 3.05) is 11.9 Å². The summed E-state index contributed by atoms with van der Waals surface area (Å²) in [4.78, 5) is 28.6. The minimum Gasteiger partial charge on any atom is -0.356 e. The van der Waals surface area contributed by atoms with E-state index in [0.29, 0.717) is 18.2 Å². The monoisotopic (exact) mass is 338 g/mol. The van der Waals surface area contributed by atoms with Crippen LogP contribution in [0, 0.1) is 6.92 Å². The molecule has 0 aliphatic heterocycles. The van der Waals surface area contributed by atoms with E-state index in [2.05, 4.69) is 36.6 Å². The second-order valence-corrected chi connectivity index (χ2v) is 6.49. The molecule has 3 rings (SSSR count). The number of amides is 1. The number of anilines is 1. The van der Waals surface area contributed by atoms with Crippen LogP contribution in [0.5, 0.6) is 0 Å². The van der Waals surface area contributed by atoms with Crippen molar-refractivity contribution in [3.63, 3.8) is 0 Å². The van der Waals surface area contributed by atoms with Crippen molar-refractivity contribution in [3.8, 4) is 11.4 Å². The first-order valence-electron chi connectivity index (χ1n) is 8.24. The number of rotatable bonds is 5. The Morgan fingerprint density at radius 1 is 1.32 bits per heavy atom. The van der Waals surface area contributed by atoms with Crippen molar-refractivity contribution < 1.29 is 4.79 Å². The van der Waals surface area contributed by atoms with Gasteiger partial charge in [-0.25, -0.2) is 15.0 Å². The molecule has 0 saturated heterocycles. The van der Waals surface area contributed by atoms with Gasteiger partial charge in [0.2, 0.25) is 5.91 Å². The van der Waals surface area contributed by atoms with Crippen LogP contribution >= 0.6 is 0 Å². The zero-order valence-electron chi connectivity index (χ0n) is 14.8. The van der Waals surface area contributed by atoms with Gasteiger partial charge in [0.25, 0.3) is 0 Å². The highest BCUT2D eigenvalue weighted by Gasteiger charge is 2.27. The Morgan fingerprint density at radius 2 is 2.12 bits per heavy atom. The van der Waals surface area contributed by atoms with Crippen LogP contribution in [-0.4, -0.2) is 37.9 Å². The summed E-state index contributed by atoms with van der Waals surface area (Å²) < 4.78 is 0. The highest BCUT2D eigenvalue weighted by molar-refractivity contribution is 5.92. The number of H-pyrrole nitrogens is 1. The van der Waals surface area contributed by atoms with E-state index >= 15 is 0 Å².